The van der Waals surface area contributed by atoms with E-state index in [2.05, 4.69) is 21.3 Å². The van der Waals surface area contributed by atoms with Crippen molar-refractivity contribution in [3.05, 3.63) is 48.5 Å². The molecule has 0 saturated carbocycles. The van der Waals surface area contributed by atoms with E-state index < -0.39 is 0 Å². The van der Waals surface area contributed by atoms with E-state index >= 15 is 0 Å². The highest BCUT2D eigenvalue weighted by Gasteiger charge is 2.07. The van der Waals surface area contributed by atoms with Gasteiger partial charge in [-0.05, 0) is 48.5 Å². The van der Waals surface area contributed by atoms with Crippen molar-refractivity contribution in [2.24, 2.45) is 0 Å². The minimum atomic E-state index is -0.302. The van der Waals surface area contributed by atoms with Gasteiger partial charge >= 0.3 is 0 Å². The summed E-state index contributed by atoms with van der Waals surface area (Å²) in [7, 11) is 0. The summed E-state index contributed by atoms with van der Waals surface area (Å²) in [6.45, 7) is 3.04. The standard InChI is InChI=1S/C32H44N4O12/c37-29-21-45-25-1-2-26(4-3-25)46-22-30(38)34-10-14-42-19-20-44-16-12-36-32(40)24-48-28-7-5-27(6-8-28)47-23-31(39)35-11-15-43-18-17-41-13-9-33-29/h1-8H,9-24H2,(H,33,37)(H,34,38)(H,35,39)(H,36,40). The van der Waals surface area contributed by atoms with Crippen molar-refractivity contribution < 1.29 is 57.1 Å². The van der Waals surface area contributed by atoms with Crippen LogP contribution in [0.3, 0.4) is 0 Å². The number of ether oxygens (including phenoxy) is 8. The number of carbonyl (C=O) groups is 4. The van der Waals surface area contributed by atoms with Crippen LogP contribution in [0.25, 0.3) is 0 Å². The number of amides is 4. The Labute approximate surface area is 279 Å². The largest absolute Gasteiger partial charge is 0.484 e. The summed E-state index contributed by atoms with van der Waals surface area (Å²) in [5.74, 6) is 0.678. The summed E-state index contributed by atoms with van der Waals surface area (Å²) in [5.41, 5.74) is 0. The fraction of sp³-hybridized carbons (Fsp3) is 0.500. The van der Waals surface area contributed by atoms with Gasteiger partial charge in [0.25, 0.3) is 23.6 Å². The summed E-state index contributed by atoms with van der Waals surface area (Å²) < 4.78 is 43.6. The minimum absolute atomic E-state index is 0.171. The second kappa shape index (κ2) is 23.6. The molecular formula is C32H44N4O12. The molecular weight excluding hydrogens is 632 g/mol. The molecule has 0 spiro atoms. The summed E-state index contributed by atoms with van der Waals surface area (Å²) in [4.78, 5) is 48.1. The van der Waals surface area contributed by atoms with Gasteiger partial charge in [-0.15, -0.1) is 0 Å². The van der Waals surface area contributed by atoms with Gasteiger partial charge in [0, 0.05) is 26.2 Å². The summed E-state index contributed by atoms with van der Waals surface area (Å²) >= 11 is 0. The third-order valence-corrected chi connectivity index (χ3v) is 6.15. The van der Waals surface area contributed by atoms with Gasteiger partial charge < -0.3 is 59.2 Å². The highest BCUT2D eigenvalue weighted by atomic mass is 16.5. The second-order valence-electron chi connectivity index (χ2n) is 9.95. The first kappa shape index (κ1) is 37.8. The predicted molar refractivity (Wildman–Crippen MR) is 170 cm³/mol. The van der Waals surface area contributed by atoms with Crippen LogP contribution in [0.15, 0.2) is 48.5 Å². The number of nitrogens with one attached hydrogen (secondary N) is 4. The molecule has 16 nitrogen and oxygen atoms in total. The lowest BCUT2D eigenvalue weighted by Crippen LogP contribution is -2.32. The van der Waals surface area contributed by atoms with Crippen molar-refractivity contribution in [1.29, 1.82) is 0 Å². The van der Waals surface area contributed by atoms with Crippen LogP contribution in [-0.4, -0.2) is 129 Å². The van der Waals surface area contributed by atoms with E-state index in [1.54, 1.807) is 48.5 Å². The first-order chi connectivity index (χ1) is 23.5. The zero-order chi connectivity index (χ0) is 34.1. The van der Waals surface area contributed by atoms with Crippen LogP contribution >= 0.6 is 0 Å². The van der Waals surface area contributed by atoms with E-state index in [0.717, 1.165) is 0 Å². The Kier molecular flexibility index (Phi) is 18.6. The molecule has 0 radical (unpaired) electrons. The molecule has 0 aliphatic carbocycles. The second-order valence-corrected chi connectivity index (χ2v) is 9.95. The molecule has 0 atom stereocenters. The third-order valence-electron chi connectivity index (χ3n) is 6.15. The normalized spacial score (nSPS) is 18.7. The lowest BCUT2D eigenvalue weighted by Gasteiger charge is -2.11. The van der Waals surface area contributed by atoms with Crippen molar-refractivity contribution in [3.8, 4) is 23.0 Å². The molecule has 4 aliphatic heterocycles. The lowest BCUT2D eigenvalue weighted by molar-refractivity contribution is -0.124. The van der Waals surface area contributed by atoms with Gasteiger partial charge in [0.15, 0.2) is 26.4 Å². The topological polar surface area (TPSA) is 190 Å². The van der Waals surface area contributed by atoms with Gasteiger partial charge in [-0.2, -0.15) is 0 Å². The molecule has 0 saturated heterocycles. The van der Waals surface area contributed by atoms with Crippen LogP contribution < -0.4 is 40.2 Å². The number of carbonyl (C=O) groups excluding carboxylic acids is 4. The summed E-state index contributed by atoms with van der Waals surface area (Å²) in [6.07, 6.45) is 0. The Morgan fingerprint density at radius 3 is 0.750 bits per heavy atom. The maximum atomic E-state index is 12.0. The molecule has 0 aromatic heterocycles. The van der Waals surface area contributed by atoms with Gasteiger partial charge in [-0.1, -0.05) is 0 Å². The van der Waals surface area contributed by atoms with E-state index in [1.165, 1.54) is 0 Å². The van der Waals surface area contributed by atoms with Gasteiger partial charge in [-0.25, -0.2) is 0 Å². The number of rotatable bonds is 0. The van der Waals surface area contributed by atoms with E-state index in [4.69, 9.17) is 37.9 Å². The lowest BCUT2D eigenvalue weighted by atomic mass is 10.3. The minimum Gasteiger partial charge on any atom is -0.484 e. The highest BCUT2D eigenvalue weighted by molar-refractivity contribution is 5.78. The van der Waals surface area contributed by atoms with Crippen molar-refractivity contribution in [2.75, 3.05) is 105 Å². The molecule has 16 heteroatoms. The van der Waals surface area contributed by atoms with Crippen LogP contribution in [0.4, 0.5) is 0 Å². The van der Waals surface area contributed by atoms with Gasteiger partial charge in [0.05, 0.1) is 52.9 Å². The quantitative estimate of drug-likeness (QED) is 0.279. The Morgan fingerprint density at radius 1 is 0.333 bits per heavy atom. The monoisotopic (exact) mass is 676 g/mol. The predicted octanol–water partition coefficient (Wildman–Crippen LogP) is -0.553. The zero-order valence-corrected chi connectivity index (χ0v) is 26.8. The molecule has 48 heavy (non-hydrogen) atoms. The summed E-state index contributed by atoms with van der Waals surface area (Å²) in [5, 5.41) is 10.8. The Morgan fingerprint density at radius 2 is 0.542 bits per heavy atom. The van der Waals surface area contributed by atoms with Crippen molar-refractivity contribution in [2.45, 2.75) is 0 Å². The van der Waals surface area contributed by atoms with Crippen molar-refractivity contribution >= 4 is 23.6 Å². The Bertz CT molecular complexity index is 1040. The first-order valence-corrected chi connectivity index (χ1v) is 15.6. The van der Waals surface area contributed by atoms with Crippen molar-refractivity contribution in [1.82, 2.24) is 21.3 Å². The molecule has 2 aromatic rings. The smallest absolute Gasteiger partial charge is 0.258 e. The molecule has 4 bridgehead atoms. The molecule has 4 amide bonds. The molecule has 4 N–H and O–H groups in total. The average molecular weight is 677 g/mol. The number of benzene rings is 2. The van der Waals surface area contributed by atoms with E-state index in [-0.39, 0.29) is 50.1 Å². The molecule has 4 heterocycles. The fourth-order valence-electron chi connectivity index (χ4n) is 3.76. The maximum Gasteiger partial charge on any atom is 0.258 e. The van der Waals surface area contributed by atoms with Crippen LogP contribution in [0, 0.1) is 0 Å². The Balaban J connectivity index is 1.36. The SMILES string of the molecule is O=C1COc2ccc(cc2)OCC(=O)NCCOCCOCCNC(=O)COc2ccc(cc2)OCC(=O)NCCOCCOCCN1. The molecule has 0 unspecified atom stereocenters. The number of hydrogen-bond acceptors (Lipinski definition) is 12. The first-order valence-electron chi connectivity index (χ1n) is 15.6. The van der Waals surface area contributed by atoms with Crippen molar-refractivity contribution in [3.63, 3.8) is 0 Å². The fourth-order valence-corrected chi connectivity index (χ4v) is 3.76. The molecule has 6 rings (SSSR count). The maximum absolute atomic E-state index is 12.0. The summed E-state index contributed by atoms with van der Waals surface area (Å²) in [6, 6.07) is 13.1. The third kappa shape index (κ3) is 17.9. The van der Waals surface area contributed by atoms with E-state index in [9.17, 15) is 19.2 Å². The highest BCUT2D eigenvalue weighted by Crippen LogP contribution is 2.18. The number of hydrogen-bond donors (Lipinski definition) is 4. The van der Waals surface area contributed by atoms with E-state index in [1.807, 2.05) is 0 Å². The molecule has 4 aliphatic rings. The van der Waals surface area contributed by atoms with E-state index in [0.29, 0.717) is 102 Å². The van der Waals surface area contributed by atoms with Gasteiger partial charge in [0.1, 0.15) is 23.0 Å². The zero-order valence-electron chi connectivity index (χ0n) is 26.8. The van der Waals surface area contributed by atoms with Crippen LogP contribution in [0.5, 0.6) is 23.0 Å². The van der Waals surface area contributed by atoms with Crippen LogP contribution in [-0.2, 0) is 38.1 Å². The van der Waals surface area contributed by atoms with Crippen LogP contribution in [0.2, 0.25) is 0 Å². The molecule has 2 aromatic carbocycles. The van der Waals surface area contributed by atoms with Crippen LogP contribution in [0.1, 0.15) is 0 Å². The molecule has 264 valence electrons. The van der Waals surface area contributed by atoms with Gasteiger partial charge in [0.2, 0.25) is 0 Å². The average Bonchev–Trinajstić information content (AvgIpc) is 3.10. The van der Waals surface area contributed by atoms with Gasteiger partial charge in [-0.3, -0.25) is 19.2 Å². The Hall–Kier alpha value is -4.64. The molecule has 0 fully saturated rings.